The molecule has 1 aliphatic heterocycles. The molecule has 41 heavy (non-hydrogen) atoms. The molecule has 0 radical (unpaired) electrons. The number of carbonyl (C=O) groups excluding carboxylic acids is 1. The summed E-state index contributed by atoms with van der Waals surface area (Å²) in [6, 6.07) is 13.5. The van der Waals surface area contributed by atoms with Crippen molar-refractivity contribution in [3.05, 3.63) is 106 Å². The smallest absolute Gasteiger partial charge is 0.338 e. The van der Waals surface area contributed by atoms with Gasteiger partial charge in [0.1, 0.15) is 11.1 Å². The second-order valence-corrected chi connectivity index (χ2v) is 12.5. The van der Waals surface area contributed by atoms with Crippen LogP contribution in [0.15, 0.2) is 57.5 Å². The zero-order valence-electron chi connectivity index (χ0n) is 23.5. The normalized spacial score (nSPS) is 16.7. The third kappa shape index (κ3) is 4.42. The number of nitrogens with zero attached hydrogens (tertiary/aromatic N) is 4. The molecule has 0 amide bonds. The van der Waals surface area contributed by atoms with Gasteiger partial charge in [-0.1, -0.05) is 48.6 Å². The number of fused-ring (bicyclic) bond motifs is 2. The molecule has 0 fully saturated rings. The second kappa shape index (κ2) is 10.8. The molecule has 1 atom stereocenters. The Bertz CT molecular complexity index is 1950. The highest BCUT2D eigenvalue weighted by Gasteiger charge is 2.33. The topological polar surface area (TPSA) is 89.4 Å². The summed E-state index contributed by atoms with van der Waals surface area (Å²) in [5.74, 6) is -0.482. The van der Waals surface area contributed by atoms with Crippen LogP contribution in [-0.4, -0.2) is 22.2 Å². The summed E-state index contributed by atoms with van der Waals surface area (Å²) < 4.78 is 9.47. The number of hydrogen-bond acceptors (Lipinski definition) is 7. The molecule has 2 aliphatic rings. The average Bonchev–Trinajstić information content (AvgIpc) is 3.61. The molecule has 0 unspecified atom stereocenters. The van der Waals surface area contributed by atoms with E-state index in [1.165, 1.54) is 28.9 Å². The number of ether oxygens (including phenoxy) is 1. The lowest BCUT2D eigenvalue weighted by Gasteiger charge is -2.25. The third-order valence-corrected chi connectivity index (χ3v) is 10.2. The number of carbonyl (C=O) groups is 1. The number of nitriles is 1. The van der Waals surface area contributed by atoms with E-state index >= 15 is 0 Å². The van der Waals surface area contributed by atoms with E-state index in [9.17, 15) is 14.9 Å². The van der Waals surface area contributed by atoms with Crippen molar-refractivity contribution in [1.29, 1.82) is 5.26 Å². The van der Waals surface area contributed by atoms with Crippen LogP contribution in [0.4, 0.5) is 0 Å². The van der Waals surface area contributed by atoms with E-state index < -0.39 is 12.0 Å². The molecule has 0 bridgehead atoms. The van der Waals surface area contributed by atoms with Gasteiger partial charge in [0.25, 0.3) is 5.56 Å². The second-order valence-electron chi connectivity index (χ2n) is 10.4. The van der Waals surface area contributed by atoms with Gasteiger partial charge in [-0.2, -0.15) is 5.26 Å². The number of allylic oxidation sites excluding steroid dienone is 1. The number of methoxy groups -OCH3 is 1. The van der Waals surface area contributed by atoms with Gasteiger partial charge in [0.2, 0.25) is 0 Å². The Labute approximate surface area is 246 Å². The summed E-state index contributed by atoms with van der Waals surface area (Å²) in [7, 11) is 1.35. The monoisotopic (exact) mass is 582 g/mol. The zero-order chi connectivity index (χ0) is 28.8. The molecule has 0 N–H and O–H groups in total. The van der Waals surface area contributed by atoms with Crippen LogP contribution in [0, 0.1) is 25.2 Å². The Morgan fingerprint density at radius 1 is 1.20 bits per heavy atom. The summed E-state index contributed by atoms with van der Waals surface area (Å²) in [5, 5.41) is 11.0. The first kappa shape index (κ1) is 27.2. The Kier molecular flexibility index (Phi) is 7.14. The van der Waals surface area contributed by atoms with Gasteiger partial charge in [-0.15, -0.1) is 11.3 Å². The molecule has 3 aromatic heterocycles. The van der Waals surface area contributed by atoms with Crippen molar-refractivity contribution >= 4 is 34.7 Å². The standard InChI is InChI=1S/C32H30N4O3S2/c1-5-24-27(31(38)39-4)28(20-11-7-6-8-12-20)36-29(37)26(41-32(36)34-24)16-21-15-18(2)35(19(21)3)30-23(17-33)22-13-9-10-14-25(22)40-30/h6-8,11-12,15-16,28H,5,9-10,13-14H2,1-4H3/b26-16-/t28-/m1/s1. The van der Waals surface area contributed by atoms with Crippen LogP contribution in [0.5, 0.6) is 0 Å². The van der Waals surface area contributed by atoms with E-state index in [-0.39, 0.29) is 5.56 Å². The molecule has 0 saturated heterocycles. The fourth-order valence-electron chi connectivity index (χ4n) is 6.03. The maximum Gasteiger partial charge on any atom is 0.338 e. The van der Waals surface area contributed by atoms with Crippen molar-refractivity contribution in [2.45, 2.75) is 58.9 Å². The van der Waals surface area contributed by atoms with Crippen LogP contribution in [0.3, 0.4) is 0 Å². The zero-order valence-corrected chi connectivity index (χ0v) is 25.1. The summed E-state index contributed by atoms with van der Waals surface area (Å²) in [6.45, 7) is 6.02. The van der Waals surface area contributed by atoms with Gasteiger partial charge in [0.15, 0.2) is 4.80 Å². The van der Waals surface area contributed by atoms with E-state index in [0.29, 0.717) is 27.0 Å². The first-order valence-electron chi connectivity index (χ1n) is 13.8. The fraction of sp³-hybridized carbons (Fsp3) is 0.312. The molecule has 1 aromatic carbocycles. The van der Waals surface area contributed by atoms with Gasteiger partial charge in [0, 0.05) is 16.3 Å². The minimum absolute atomic E-state index is 0.201. The predicted molar refractivity (Wildman–Crippen MR) is 161 cm³/mol. The Balaban J connectivity index is 1.53. The molecule has 4 heterocycles. The fourth-order valence-corrected chi connectivity index (χ4v) is 8.49. The van der Waals surface area contributed by atoms with Gasteiger partial charge in [-0.05, 0) is 74.8 Å². The highest BCUT2D eigenvalue weighted by molar-refractivity contribution is 7.15. The molecule has 0 spiro atoms. The highest BCUT2D eigenvalue weighted by atomic mass is 32.1. The van der Waals surface area contributed by atoms with Crippen molar-refractivity contribution in [2.75, 3.05) is 7.11 Å². The van der Waals surface area contributed by atoms with E-state index in [2.05, 4.69) is 16.7 Å². The first-order chi connectivity index (χ1) is 19.9. The molecule has 7 nitrogen and oxygen atoms in total. The lowest BCUT2D eigenvalue weighted by molar-refractivity contribution is -0.136. The Morgan fingerprint density at radius 3 is 2.66 bits per heavy atom. The molecule has 0 saturated carbocycles. The molecular weight excluding hydrogens is 553 g/mol. The Hall–Kier alpha value is -4.00. The number of esters is 1. The van der Waals surface area contributed by atoms with Gasteiger partial charge < -0.3 is 9.30 Å². The van der Waals surface area contributed by atoms with Crippen LogP contribution in [0.1, 0.15) is 70.7 Å². The van der Waals surface area contributed by atoms with E-state index in [0.717, 1.165) is 58.8 Å². The number of rotatable bonds is 5. The maximum absolute atomic E-state index is 14.0. The number of aryl methyl sites for hydroxylation is 2. The van der Waals surface area contributed by atoms with Crippen molar-refractivity contribution in [1.82, 2.24) is 9.13 Å². The quantitative estimate of drug-likeness (QED) is 0.309. The number of thiazole rings is 1. The number of hydrogen-bond donors (Lipinski definition) is 0. The third-order valence-electron chi connectivity index (χ3n) is 7.99. The van der Waals surface area contributed by atoms with Crippen molar-refractivity contribution in [3.8, 4) is 11.1 Å². The van der Waals surface area contributed by atoms with Crippen molar-refractivity contribution < 1.29 is 9.53 Å². The first-order valence-corrected chi connectivity index (χ1v) is 15.4. The summed E-state index contributed by atoms with van der Waals surface area (Å²) in [6.07, 6.45) is 6.71. The van der Waals surface area contributed by atoms with E-state index in [4.69, 9.17) is 9.73 Å². The summed E-state index contributed by atoms with van der Waals surface area (Å²) in [5.41, 5.74) is 6.54. The molecule has 4 aromatic rings. The molecule has 208 valence electrons. The lowest BCUT2D eigenvalue weighted by atomic mass is 9.95. The van der Waals surface area contributed by atoms with Gasteiger partial charge in [0.05, 0.1) is 34.5 Å². The number of thiophene rings is 1. The van der Waals surface area contributed by atoms with Gasteiger partial charge >= 0.3 is 5.97 Å². The van der Waals surface area contributed by atoms with Crippen molar-refractivity contribution in [3.63, 3.8) is 0 Å². The maximum atomic E-state index is 14.0. The predicted octanol–water partition coefficient (Wildman–Crippen LogP) is 5.02. The van der Waals surface area contributed by atoms with E-state index in [1.807, 2.05) is 57.2 Å². The molecule has 9 heteroatoms. The van der Waals surface area contributed by atoms with Gasteiger partial charge in [-0.25, -0.2) is 9.79 Å². The average molecular weight is 583 g/mol. The van der Waals surface area contributed by atoms with Crippen LogP contribution < -0.4 is 14.9 Å². The van der Waals surface area contributed by atoms with E-state index in [1.54, 1.807) is 15.9 Å². The lowest BCUT2D eigenvalue weighted by Crippen LogP contribution is -2.40. The van der Waals surface area contributed by atoms with Crippen LogP contribution in [0.2, 0.25) is 0 Å². The highest BCUT2D eigenvalue weighted by Crippen LogP contribution is 2.38. The van der Waals surface area contributed by atoms with Crippen LogP contribution in [-0.2, 0) is 22.4 Å². The van der Waals surface area contributed by atoms with Gasteiger partial charge in [-0.3, -0.25) is 9.36 Å². The number of aromatic nitrogens is 2. The summed E-state index contributed by atoms with van der Waals surface area (Å²) in [4.78, 5) is 33.7. The Morgan fingerprint density at radius 2 is 1.95 bits per heavy atom. The minimum Gasteiger partial charge on any atom is -0.466 e. The molecule has 6 rings (SSSR count). The minimum atomic E-state index is -0.625. The SMILES string of the molecule is CCC1=C(C(=O)OC)[C@@H](c2ccccc2)n2c(s/c(=C\c3cc(C)n(-c4sc5c(c4C#N)CCCC5)c3C)c2=O)=N1. The van der Waals surface area contributed by atoms with Crippen LogP contribution in [0.25, 0.3) is 11.1 Å². The molecular formula is C32H30N4O3S2. The largest absolute Gasteiger partial charge is 0.466 e. The molecule has 1 aliphatic carbocycles. The summed E-state index contributed by atoms with van der Waals surface area (Å²) >= 11 is 3.05. The van der Waals surface area contributed by atoms with Crippen molar-refractivity contribution in [2.24, 2.45) is 4.99 Å². The number of benzene rings is 1. The van der Waals surface area contributed by atoms with Crippen LogP contribution >= 0.6 is 22.7 Å².